The van der Waals surface area contributed by atoms with Crippen molar-refractivity contribution in [3.8, 4) is 0 Å². The third kappa shape index (κ3) is 4.77. The normalized spacial score (nSPS) is 18.2. The van der Waals surface area contributed by atoms with Gasteiger partial charge in [0.05, 0.1) is 17.6 Å². The third-order valence-corrected chi connectivity index (χ3v) is 7.23. The lowest BCUT2D eigenvalue weighted by atomic mass is 9.74. The average Bonchev–Trinajstić information content (AvgIpc) is 2.85. The Kier molecular flexibility index (Phi) is 7.34. The molecule has 2 aromatic carbocycles. The number of pyridine rings is 1. The van der Waals surface area contributed by atoms with Crippen molar-refractivity contribution in [1.29, 1.82) is 0 Å². The SMILES string of the molecule is CCc1cccc(CC)c1N(C(N)=O)c1ccc(C2CCCCC2c2ccccc2Cl)nc1. The highest BCUT2D eigenvalue weighted by atomic mass is 35.5. The maximum absolute atomic E-state index is 12.6. The molecule has 0 saturated heterocycles. The van der Waals surface area contributed by atoms with Gasteiger partial charge in [-0.2, -0.15) is 0 Å². The summed E-state index contributed by atoms with van der Waals surface area (Å²) in [5, 5.41) is 0.828. The number of aryl methyl sites for hydroxylation is 2. The summed E-state index contributed by atoms with van der Waals surface area (Å²) in [5.41, 5.74) is 11.9. The van der Waals surface area contributed by atoms with E-state index >= 15 is 0 Å². The maximum atomic E-state index is 12.6. The van der Waals surface area contributed by atoms with E-state index in [0.717, 1.165) is 53.2 Å². The highest BCUT2D eigenvalue weighted by Gasteiger charge is 2.30. The number of nitrogens with zero attached hydrogens (tertiary/aromatic N) is 2. The smallest absolute Gasteiger partial charge is 0.323 e. The summed E-state index contributed by atoms with van der Waals surface area (Å²) in [5.74, 6) is 0.661. The van der Waals surface area contributed by atoms with Crippen LogP contribution in [0.2, 0.25) is 5.02 Å². The van der Waals surface area contributed by atoms with Gasteiger partial charge in [-0.3, -0.25) is 9.88 Å². The van der Waals surface area contributed by atoms with Crippen molar-refractivity contribution >= 4 is 29.0 Å². The van der Waals surface area contributed by atoms with Crippen LogP contribution in [0, 0.1) is 0 Å². The predicted molar refractivity (Wildman–Crippen MR) is 137 cm³/mol. The van der Waals surface area contributed by atoms with Gasteiger partial charge in [0.2, 0.25) is 0 Å². The molecule has 1 aliphatic carbocycles. The molecule has 1 aliphatic rings. The Bertz CT molecular complexity index is 1090. The molecule has 1 heterocycles. The van der Waals surface area contributed by atoms with E-state index in [9.17, 15) is 4.79 Å². The second-order valence-corrected chi connectivity index (χ2v) is 9.17. The van der Waals surface area contributed by atoms with Crippen LogP contribution in [-0.4, -0.2) is 11.0 Å². The van der Waals surface area contributed by atoms with Crippen molar-refractivity contribution in [2.75, 3.05) is 4.90 Å². The minimum absolute atomic E-state index is 0.309. The van der Waals surface area contributed by atoms with Gasteiger partial charge < -0.3 is 5.73 Å². The number of aromatic nitrogens is 1. The number of para-hydroxylation sites is 1. The number of carbonyl (C=O) groups excluding carboxylic acids is 1. The molecule has 0 radical (unpaired) electrons. The lowest BCUT2D eigenvalue weighted by Crippen LogP contribution is -2.33. The fourth-order valence-electron chi connectivity index (χ4n) is 5.25. The molecule has 0 aliphatic heterocycles. The van der Waals surface area contributed by atoms with Gasteiger partial charge in [0, 0.05) is 16.6 Å². The van der Waals surface area contributed by atoms with Gasteiger partial charge in [0.25, 0.3) is 0 Å². The van der Waals surface area contributed by atoms with Crippen LogP contribution in [0.4, 0.5) is 16.2 Å². The van der Waals surface area contributed by atoms with Gasteiger partial charge in [0.1, 0.15) is 0 Å². The summed E-state index contributed by atoms with van der Waals surface area (Å²) in [6.45, 7) is 4.19. The largest absolute Gasteiger partial charge is 0.351 e. The van der Waals surface area contributed by atoms with Gasteiger partial charge in [-0.1, -0.05) is 74.7 Å². The first-order valence-corrected chi connectivity index (χ1v) is 12.3. The Labute approximate surface area is 201 Å². The monoisotopic (exact) mass is 461 g/mol. The molecule has 0 spiro atoms. The molecule has 1 aromatic heterocycles. The van der Waals surface area contributed by atoms with Gasteiger partial charge in [-0.15, -0.1) is 0 Å². The highest BCUT2D eigenvalue weighted by molar-refractivity contribution is 6.31. The second-order valence-electron chi connectivity index (χ2n) is 8.77. The molecule has 1 saturated carbocycles. The Morgan fingerprint density at radius 3 is 2.21 bits per heavy atom. The first-order valence-electron chi connectivity index (χ1n) is 12.0. The maximum Gasteiger partial charge on any atom is 0.323 e. The van der Waals surface area contributed by atoms with Gasteiger partial charge in [0.15, 0.2) is 0 Å². The van der Waals surface area contributed by atoms with Crippen molar-refractivity contribution in [2.24, 2.45) is 5.73 Å². The fraction of sp³-hybridized carbons (Fsp3) is 0.357. The lowest BCUT2D eigenvalue weighted by Gasteiger charge is -2.32. The molecule has 1 fully saturated rings. The molecule has 4 nitrogen and oxygen atoms in total. The minimum atomic E-state index is -0.494. The topological polar surface area (TPSA) is 59.2 Å². The molecule has 2 atom stereocenters. The van der Waals surface area contributed by atoms with Crippen molar-refractivity contribution in [2.45, 2.75) is 64.2 Å². The number of rotatable bonds is 6. The van der Waals surface area contributed by atoms with Crippen LogP contribution < -0.4 is 10.6 Å². The van der Waals surface area contributed by atoms with Crippen LogP contribution in [0.25, 0.3) is 0 Å². The van der Waals surface area contributed by atoms with E-state index in [0.29, 0.717) is 17.5 Å². The Morgan fingerprint density at radius 2 is 1.64 bits per heavy atom. The van der Waals surface area contributed by atoms with Crippen LogP contribution in [0.3, 0.4) is 0 Å². The van der Waals surface area contributed by atoms with Gasteiger partial charge in [-0.25, -0.2) is 4.79 Å². The first kappa shape index (κ1) is 23.3. The van der Waals surface area contributed by atoms with Crippen molar-refractivity contribution in [3.05, 3.63) is 88.2 Å². The number of hydrogen-bond acceptors (Lipinski definition) is 2. The molecule has 0 bridgehead atoms. The van der Waals surface area contributed by atoms with Gasteiger partial charge in [-0.05, 0) is 66.5 Å². The number of amides is 2. The molecule has 2 amide bonds. The summed E-state index contributed by atoms with van der Waals surface area (Å²) in [7, 11) is 0. The van der Waals surface area contributed by atoms with Crippen LogP contribution in [0.1, 0.15) is 73.8 Å². The summed E-state index contributed by atoms with van der Waals surface area (Å²) < 4.78 is 0. The van der Waals surface area contributed by atoms with Gasteiger partial charge >= 0.3 is 6.03 Å². The Hall–Kier alpha value is -2.85. The zero-order chi connectivity index (χ0) is 23.4. The highest BCUT2D eigenvalue weighted by Crippen LogP contribution is 2.45. The number of anilines is 2. The number of primary amides is 1. The second kappa shape index (κ2) is 10.4. The van der Waals surface area contributed by atoms with E-state index in [2.05, 4.69) is 44.2 Å². The summed E-state index contributed by atoms with van der Waals surface area (Å²) in [6, 6.07) is 17.9. The van der Waals surface area contributed by atoms with Crippen LogP contribution in [0.5, 0.6) is 0 Å². The van der Waals surface area contributed by atoms with E-state index in [1.165, 1.54) is 18.4 Å². The van der Waals surface area contributed by atoms with E-state index in [1.807, 2.05) is 24.3 Å². The summed E-state index contributed by atoms with van der Waals surface area (Å²) >= 11 is 6.56. The van der Waals surface area contributed by atoms with Crippen LogP contribution in [-0.2, 0) is 12.8 Å². The molecule has 4 rings (SSSR count). The number of benzene rings is 2. The summed E-state index contributed by atoms with van der Waals surface area (Å²) in [4.78, 5) is 19.1. The van der Waals surface area contributed by atoms with Crippen molar-refractivity contribution < 1.29 is 4.79 Å². The lowest BCUT2D eigenvalue weighted by molar-refractivity contribution is 0.256. The third-order valence-electron chi connectivity index (χ3n) is 6.89. The number of hydrogen-bond donors (Lipinski definition) is 1. The van der Waals surface area contributed by atoms with E-state index in [4.69, 9.17) is 22.3 Å². The summed E-state index contributed by atoms with van der Waals surface area (Å²) in [6.07, 6.45) is 8.01. The molecule has 3 aromatic rings. The zero-order valence-electron chi connectivity index (χ0n) is 19.4. The van der Waals surface area contributed by atoms with Crippen LogP contribution in [0.15, 0.2) is 60.8 Å². The van der Waals surface area contributed by atoms with E-state index in [-0.39, 0.29) is 0 Å². The molecular weight excluding hydrogens is 430 g/mol. The number of carbonyl (C=O) groups is 1. The number of halogens is 1. The van der Waals surface area contributed by atoms with Crippen LogP contribution >= 0.6 is 11.6 Å². The van der Waals surface area contributed by atoms with E-state index < -0.39 is 6.03 Å². The van der Waals surface area contributed by atoms with Crippen molar-refractivity contribution in [3.63, 3.8) is 0 Å². The van der Waals surface area contributed by atoms with Crippen molar-refractivity contribution in [1.82, 2.24) is 4.98 Å². The van der Waals surface area contributed by atoms with E-state index in [1.54, 1.807) is 11.1 Å². The molecule has 5 heteroatoms. The molecular formula is C28H32ClN3O. The fourth-order valence-corrected chi connectivity index (χ4v) is 5.53. The minimum Gasteiger partial charge on any atom is -0.351 e. The molecule has 2 unspecified atom stereocenters. The number of nitrogens with two attached hydrogens (primary N) is 1. The Morgan fingerprint density at radius 1 is 0.970 bits per heavy atom. The standard InChI is InChI=1S/C28H32ClN3O/c1-3-19-10-9-11-20(4-2)27(19)32(28(30)33)21-16-17-26(31-18-21)24-14-6-5-12-22(24)23-13-7-8-15-25(23)29/h7-11,13,15-18,22,24H,3-6,12,14H2,1-2H3,(H2,30,33). The Balaban J connectivity index is 1.70. The average molecular weight is 462 g/mol. The quantitative estimate of drug-likeness (QED) is 0.412. The zero-order valence-corrected chi connectivity index (χ0v) is 20.2. The molecule has 172 valence electrons. The predicted octanol–water partition coefficient (Wildman–Crippen LogP) is 7.52. The number of urea groups is 1. The molecule has 2 N–H and O–H groups in total. The molecule has 33 heavy (non-hydrogen) atoms. The first-order chi connectivity index (χ1) is 16.0.